The lowest BCUT2D eigenvalue weighted by Gasteiger charge is -2.05. The molecule has 1 aliphatic carbocycles. The Balaban J connectivity index is 1.77. The van der Waals surface area contributed by atoms with Gasteiger partial charge in [-0.15, -0.1) is 0 Å². The fourth-order valence-corrected chi connectivity index (χ4v) is 2.78. The summed E-state index contributed by atoms with van der Waals surface area (Å²) in [7, 11) is 0. The fourth-order valence-electron chi connectivity index (χ4n) is 2.78. The van der Waals surface area contributed by atoms with Crippen LogP contribution >= 0.6 is 0 Å². The molecule has 1 nitrogen and oxygen atoms in total. The number of hydrogen-bond acceptors (Lipinski definition) is 1. The summed E-state index contributed by atoms with van der Waals surface area (Å²) < 4.78 is 0. The molecule has 0 radical (unpaired) electrons. The molecule has 0 bridgehead atoms. The first-order valence-corrected chi connectivity index (χ1v) is 7.24. The average molecular weight is 264 g/mol. The van der Waals surface area contributed by atoms with Crippen molar-refractivity contribution in [2.75, 3.05) is 0 Å². The van der Waals surface area contributed by atoms with Crippen LogP contribution in [0.2, 0.25) is 0 Å². The van der Waals surface area contributed by atoms with Crippen LogP contribution in [0, 0.1) is 26.7 Å². The maximum absolute atomic E-state index is 12.5. The van der Waals surface area contributed by atoms with Gasteiger partial charge in [0.15, 0.2) is 5.78 Å². The van der Waals surface area contributed by atoms with Crippen molar-refractivity contribution in [1.29, 1.82) is 0 Å². The predicted molar refractivity (Wildman–Crippen MR) is 82.3 cm³/mol. The van der Waals surface area contributed by atoms with E-state index >= 15 is 0 Å². The maximum atomic E-state index is 12.5. The summed E-state index contributed by atoms with van der Waals surface area (Å²) >= 11 is 0. The lowest BCUT2D eigenvalue weighted by atomic mass is 9.99. The van der Waals surface area contributed by atoms with E-state index in [1.54, 1.807) is 0 Å². The molecule has 2 atom stereocenters. The van der Waals surface area contributed by atoms with Crippen LogP contribution in [-0.2, 0) is 0 Å². The van der Waals surface area contributed by atoms with Crippen LogP contribution in [0.4, 0.5) is 0 Å². The van der Waals surface area contributed by atoms with E-state index in [2.05, 4.69) is 45.0 Å². The summed E-state index contributed by atoms with van der Waals surface area (Å²) in [5.74, 6) is 0.906. The molecule has 0 N–H and O–H groups in total. The van der Waals surface area contributed by atoms with Gasteiger partial charge in [-0.1, -0.05) is 42.0 Å². The second-order valence-electron chi connectivity index (χ2n) is 6.02. The van der Waals surface area contributed by atoms with E-state index in [4.69, 9.17) is 0 Å². The Kier molecular flexibility index (Phi) is 3.21. The van der Waals surface area contributed by atoms with E-state index in [-0.39, 0.29) is 5.92 Å². The lowest BCUT2D eigenvalue weighted by Crippen LogP contribution is -2.04. The molecule has 1 fully saturated rings. The van der Waals surface area contributed by atoms with Crippen molar-refractivity contribution in [3.8, 4) is 0 Å². The Morgan fingerprint density at radius 1 is 0.950 bits per heavy atom. The number of benzene rings is 2. The van der Waals surface area contributed by atoms with Crippen molar-refractivity contribution in [2.45, 2.75) is 33.1 Å². The summed E-state index contributed by atoms with van der Waals surface area (Å²) in [6.07, 6.45) is 0.995. The minimum absolute atomic E-state index is 0.180. The Morgan fingerprint density at radius 3 is 2.30 bits per heavy atom. The van der Waals surface area contributed by atoms with Crippen LogP contribution in [0.3, 0.4) is 0 Å². The van der Waals surface area contributed by atoms with Crippen molar-refractivity contribution >= 4 is 5.78 Å². The lowest BCUT2D eigenvalue weighted by molar-refractivity contribution is 0.0965. The molecule has 2 unspecified atom stereocenters. The molecular weight excluding hydrogens is 244 g/mol. The zero-order valence-electron chi connectivity index (χ0n) is 12.3. The fraction of sp³-hybridized carbons (Fsp3) is 0.316. The highest BCUT2D eigenvalue weighted by molar-refractivity contribution is 6.00. The number of hydrogen-bond donors (Lipinski definition) is 0. The molecule has 0 aliphatic heterocycles. The highest BCUT2D eigenvalue weighted by Gasteiger charge is 2.43. The first kappa shape index (κ1) is 13.1. The van der Waals surface area contributed by atoms with Crippen LogP contribution in [0.5, 0.6) is 0 Å². The van der Waals surface area contributed by atoms with Gasteiger partial charge < -0.3 is 0 Å². The highest BCUT2D eigenvalue weighted by atomic mass is 16.1. The third kappa shape index (κ3) is 2.40. The Hall–Kier alpha value is -1.89. The Bertz CT molecular complexity index is 652. The quantitative estimate of drug-likeness (QED) is 0.740. The van der Waals surface area contributed by atoms with Crippen molar-refractivity contribution in [1.82, 2.24) is 0 Å². The number of carbonyl (C=O) groups excluding carboxylic acids is 1. The van der Waals surface area contributed by atoms with Gasteiger partial charge in [-0.25, -0.2) is 0 Å². The van der Waals surface area contributed by atoms with E-state index in [0.29, 0.717) is 11.7 Å². The van der Waals surface area contributed by atoms with Gasteiger partial charge in [0, 0.05) is 11.5 Å². The number of Topliss-reactive ketones (excluding diaryl/α,β-unsaturated/α-hetero) is 1. The standard InChI is InChI=1S/C19H20O/c1-12-4-7-15(8-5-12)17-11-18(17)19(20)16-9-6-13(2)14(3)10-16/h4-10,17-18H,11H2,1-3H3. The molecule has 0 amide bonds. The molecule has 2 aromatic rings. The molecule has 0 saturated heterocycles. The summed E-state index contributed by atoms with van der Waals surface area (Å²) in [4.78, 5) is 12.5. The average Bonchev–Trinajstić information content (AvgIpc) is 3.22. The number of carbonyl (C=O) groups is 1. The van der Waals surface area contributed by atoms with Crippen molar-refractivity contribution < 1.29 is 4.79 Å². The zero-order valence-corrected chi connectivity index (χ0v) is 12.3. The van der Waals surface area contributed by atoms with E-state index in [0.717, 1.165) is 12.0 Å². The monoisotopic (exact) mass is 264 g/mol. The first-order valence-electron chi connectivity index (χ1n) is 7.24. The number of rotatable bonds is 3. The zero-order chi connectivity index (χ0) is 14.3. The summed E-state index contributed by atoms with van der Waals surface area (Å²) in [6, 6.07) is 14.6. The molecular formula is C19H20O. The van der Waals surface area contributed by atoms with E-state index in [1.807, 2.05) is 18.2 Å². The maximum Gasteiger partial charge on any atom is 0.166 e. The molecule has 1 heteroatoms. The normalized spacial score (nSPS) is 20.8. The Morgan fingerprint density at radius 2 is 1.65 bits per heavy atom. The van der Waals surface area contributed by atoms with Crippen LogP contribution in [-0.4, -0.2) is 5.78 Å². The van der Waals surface area contributed by atoms with Crippen LogP contribution in [0.15, 0.2) is 42.5 Å². The second-order valence-corrected chi connectivity index (χ2v) is 6.02. The molecule has 0 spiro atoms. The van der Waals surface area contributed by atoms with Crippen molar-refractivity contribution in [2.24, 2.45) is 5.92 Å². The third-order valence-electron chi connectivity index (χ3n) is 4.42. The van der Waals surface area contributed by atoms with Gasteiger partial charge >= 0.3 is 0 Å². The number of aryl methyl sites for hydroxylation is 3. The topological polar surface area (TPSA) is 17.1 Å². The van der Waals surface area contributed by atoms with E-state index in [9.17, 15) is 4.79 Å². The Labute approximate surface area is 120 Å². The van der Waals surface area contributed by atoms with Crippen molar-refractivity contribution in [3.63, 3.8) is 0 Å². The van der Waals surface area contributed by atoms with Gasteiger partial charge in [-0.3, -0.25) is 4.79 Å². The molecule has 102 valence electrons. The van der Waals surface area contributed by atoms with Crippen LogP contribution < -0.4 is 0 Å². The summed E-state index contributed by atoms with van der Waals surface area (Å²) in [6.45, 7) is 6.24. The third-order valence-corrected chi connectivity index (χ3v) is 4.42. The van der Waals surface area contributed by atoms with Gasteiger partial charge in [-0.2, -0.15) is 0 Å². The summed E-state index contributed by atoms with van der Waals surface area (Å²) in [5, 5.41) is 0. The smallest absolute Gasteiger partial charge is 0.166 e. The molecule has 1 saturated carbocycles. The van der Waals surface area contributed by atoms with Crippen molar-refractivity contribution in [3.05, 3.63) is 70.3 Å². The first-order chi connectivity index (χ1) is 9.56. The molecule has 3 rings (SSSR count). The molecule has 2 aromatic carbocycles. The van der Waals surface area contributed by atoms with Gasteiger partial charge in [0.2, 0.25) is 0 Å². The largest absolute Gasteiger partial charge is 0.294 e. The van der Waals surface area contributed by atoms with Gasteiger partial charge in [0.1, 0.15) is 0 Å². The molecule has 1 aliphatic rings. The SMILES string of the molecule is Cc1ccc(C2CC2C(=O)c2ccc(C)c(C)c2)cc1. The van der Waals surface area contributed by atoms with Gasteiger partial charge in [0.05, 0.1) is 0 Å². The second kappa shape index (κ2) is 4.90. The minimum atomic E-state index is 0.180. The molecule has 20 heavy (non-hydrogen) atoms. The molecule has 0 heterocycles. The highest BCUT2D eigenvalue weighted by Crippen LogP contribution is 2.49. The van der Waals surface area contributed by atoms with Gasteiger partial charge in [0.25, 0.3) is 0 Å². The minimum Gasteiger partial charge on any atom is -0.294 e. The summed E-state index contributed by atoms with van der Waals surface area (Å²) in [5.41, 5.74) is 5.88. The van der Waals surface area contributed by atoms with Crippen LogP contribution in [0.25, 0.3) is 0 Å². The molecule has 0 aromatic heterocycles. The number of ketones is 1. The van der Waals surface area contributed by atoms with Crippen LogP contribution in [0.1, 0.15) is 45.0 Å². The van der Waals surface area contributed by atoms with E-state index < -0.39 is 0 Å². The van der Waals surface area contributed by atoms with E-state index in [1.165, 1.54) is 22.3 Å². The predicted octanol–water partition coefficient (Wildman–Crippen LogP) is 4.60. The van der Waals surface area contributed by atoms with Gasteiger partial charge in [-0.05, 0) is 55.9 Å².